The van der Waals surface area contributed by atoms with E-state index in [1.54, 1.807) is 6.07 Å². The molecule has 0 saturated carbocycles. The van der Waals surface area contributed by atoms with Crippen LogP contribution in [-0.2, 0) is 0 Å². The zero-order chi connectivity index (χ0) is 27.7. The van der Waals surface area contributed by atoms with Crippen molar-refractivity contribution in [2.75, 3.05) is 43.9 Å². The zero-order valence-electron chi connectivity index (χ0n) is 21.7. The van der Waals surface area contributed by atoms with Crippen molar-refractivity contribution >= 4 is 55.0 Å². The second kappa shape index (κ2) is 9.86. The van der Waals surface area contributed by atoms with Gasteiger partial charge in [-0.05, 0) is 45.3 Å². The quantitative estimate of drug-likeness (QED) is 0.337. The molecule has 0 spiro atoms. The summed E-state index contributed by atoms with van der Waals surface area (Å²) in [6, 6.07) is 3.11. The van der Waals surface area contributed by atoms with Gasteiger partial charge in [-0.2, -0.15) is 9.97 Å². The molecule has 3 saturated heterocycles. The molecule has 3 N–H and O–H groups in total. The Kier molecular flexibility index (Phi) is 6.41. The van der Waals surface area contributed by atoms with Crippen molar-refractivity contribution in [2.45, 2.75) is 43.8 Å². The number of piperazine rings is 1. The summed E-state index contributed by atoms with van der Waals surface area (Å²) < 4.78 is 52.4. The van der Waals surface area contributed by atoms with Crippen LogP contribution in [0.4, 0.5) is 24.1 Å². The number of thiazole rings is 1. The molecule has 2 unspecified atom stereocenters. The van der Waals surface area contributed by atoms with E-state index in [1.807, 2.05) is 7.05 Å². The summed E-state index contributed by atoms with van der Waals surface area (Å²) in [5.41, 5.74) is 5.15. The Balaban J connectivity index is 1.40. The second-order valence-electron chi connectivity index (χ2n) is 10.8. The number of hydrogen-bond donors (Lipinski definition) is 2. The summed E-state index contributed by atoms with van der Waals surface area (Å²) in [6.45, 7) is 2.73. The Morgan fingerprint density at radius 2 is 1.82 bits per heavy atom. The van der Waals surface area contributed by atoms with Gasteiger partial charge in [-0.25, -0.2) is 18.2 Å². The monoisotopic (exact) mass is 589 g/mol. The van der Waals surface area contributed by atoms with E-state index in [9.17, 15) is 4.39 Å². The highest BCUT2D eigenvalue weighted by atomic mass is 35.5. The molecular weight excluding hydrogens is 563 g/mol. The van der Waals surface area contributed by atoms with Gasteiger partial charge in [0, 0.05) is 53.8 Å². The van der Waals surface area contributed by atoms with Crippen LogP contribution in [0.3, 0.4) is 0 Å². The van der Waals surface area contributed by atoms with Gasteiger partial charge in [-0.1, -0.05) is 22.9 Å². The number of likely N-dealkylation sites (N-methyl/N-ethyl adjacent to an activating group) is 1. The van der Waals surface area contributed by atoms with Crippen LogP contribution in [0.15, 0.2) is 12.1 Å². The molecular formula is C27H27ClF3N7OS. The number of ether oxygens (including phenoxy) is 1. The molecule has 7 rings (SSSR count). The van der Waals surface area contributed by atoms with Gasteiger partial charge in [0.15, 0.2) is 10.9 Å². The SMILES string of the molecule is CN1CCC[C@H]1COc1nc(N2CC3CCC(C2)N3)c2cc(Cl)c(-c3c(F)cc(F)c4sc(N)nc34)c(F)c2n1. The second-order valence-corrected chi connectivity index (χ2v) is 12.3. The van der Waals surface area contributed by atoms with Crippen LogP contribution in [-0.4, -0.2) is 71.3 Å². The van der Waals surface area contributed by atoms with Crippen molar-refractivity contribution in [3.63, 3.8) is 0 Å². The number of nitrogen functional groups attached to an aromatic ring is 1. The average molecular weight is 590 g/mol. The molecule has 4 aromatic rings. The van der Waals surface area contributed by atoms with Gasteiger partial charge >= 0.3 is 6.01 Å². The highest BCUT2D eigenvalue weighted by Crippen LogP contribution is 2.44. The maximum absolute atomic E-state index is 16.5. The standard InChI is InChI=1S/C27H27ClF3N7OS/c1-37-6-2-3-14(37)11-39-27-35-22-15(25(36-27)38-9-12-4-5-13(10-38)33-12)7-16(28)19(21(22)31)20-17(29)8-18(30)24-23(20)34-26(32)40-24/h7-8,12-14,33H,2-6,9-11H2,1H3,(H2,32,34)/t12?,13?,14-/m0/s1. The first kappa shape index (κ1) is 26.0. The molecule has 3 atom stereocenters. The number of benzene rings is 2. The van der Waals surface area contributed by atoms with Crippen LogP contribution in [0.2, 0.25) is 5.02 Å². The van der Waals surface area contributed by atoms with Crippen LogP contribution in [0, 0.1) is 17.5 Å². The first-order chi connectivity index (χ1) is 19.3. The highest BCUT2D eigenvalue weighted by Gasteiger charge is 2.35. The summed E-state index contributed by atoms with van der Waals surface area (Å²) in [4.78, 5) is 17.6. The molecule has 2 aromatic heterocycles. The fourth-order valence-electron chi connectivity index (χ4n) is 6.29. The van der Waals surface area contributed by atoms with Crippen molar-refractivity contribution in [1.29, 1.82) is 0 Å². The number of halogens is 4. The van der Waals surface area contributed by atoms with Gasteiger partial charge in [0.05, 0.1) is 15.2 Å². The smallest absolute Gasteiger partial charge is 0.319 e. The number of fused-ring (bicyclic) bond motifs is 4. The summed E-state index contributed by atoms with van der Waals surface area (Å²) in [5.74, 6) is -2.16. The average Bonchev–Trinajstić information content (AvgIpc) is 3.62. The maximum Gasteiger partial charge on any atom is 0.319 e. The van der Waals surface area contributed by atoms with Gasteiger partial charge in [0.25, 0.3) is 0 Å². The number of nitrogens with two attached hydrogens (primary N) is 1. The topological polar surface area (TPSA) is 92.4 Å². The van der Waals surface area contributed by atoms with Gasteiger partial charge in [-0.3, -0.25) is 0 Å². The summed E-state index contributed by atoms with van der Waals surface area (Å²) in [5, 5.41) is 3.96. The van der Waals surface area contributed by atoms with Crippen molar-refractivity contribution in [3.05, 3.63) is 34.6 Å². The predicted octanol–water partition coefficient (Wildman–Crippen LogP) is 4.97. The number of nitrogens with one attached hydrogen (secondary N) is 1. The first-order valence-electron chi connectivity index (χ1n) is 13.3. The lowest BCUT2D eigenvalue weighted by Gasteiger charge is -2.34. The molecule has 0 radical (unpaired) electrons. The fraction of sp³-hybridized carbons (Fsp3) is 0.444. The zero-order valence-corrected chi connectivity index (χ0v) is 23.3. The van der Waals surface area contributed by atoms with E-state index < -0.39 is 17.5 Å². The van der Waals surface area contributed by atoms with Gasteiger partial charge in [0.1, 0.15) is 29.6 Å². The Hall–Kier alpha value is -2.93. The molecule has 0 amide bonds. The van der Waals surface area contributed by atoms with Crippen molar-refractivity contribution in [1.82, 2.24) is 25.2 Å². The normalized spacial score (nSPS) is 23.1. The number of aromatic nitrogens is 3. The van der Waals surface area contributed by atoms with Crippen molar-refractivity contribution < 1.29 is 17.9 Å². The van der Waals surface area contributed by atoms with Crippen LogP contribution in [0.5, 0.6) is 6.01 Å². The van der Waals surface area contributed by atoms with E-state index >= 15 is 8.78 Å². The third kappa shape index (κ3) is 4.32. The maximum atomic E-state index is 16.5. The molecule has 3 aliphatic heterocycles. The van der Waals surface area contributed by atoms with E-state index in [2.05, 4.69) is 25.1 Å². The van der Waals surface area contributed by atoms with Gasteiger partial charge in [0.2, 0.25) is 0 Å². The minimum Gasteiger partial charge on any atom is -0.462 e. The molecule has 5 heterocycles. The predicted molar refractivity (Wildman–Crippen MR) is 151 cm³/mol. The summed E-state index contributed by atoms with van der Waals surface area (Å²) >= 11 is 7.52. The lowest BCUT2D eigenvalue weighted by Crippen LogP contribution is -2.51. The summed E-state index contributed by atoms with van der Waals surface area (Å²) in [7, 11) is 2.04. The fourth-order valence-corrected chi connectivity index (χ4v) is 7.33. The lowest BCUT2D eigenvalue weighted by molar-refractivity contribution is 0.188. The molecule has 2 aromatic carbocycles. The first-order valence-corrected chi connectivity index (χ1v) is 14.5. The number of rotatable bonds is 5. The van der Waals surface area contributed by atoms with E-state index in [1.165, 1.54) is 0 Å². The molecule has 3 fully saturated rings. The van der Waals surface area contributed by atoms with E-state index in [0.29, 0.717) is 49.1 Å². The van der Waals surface area contributed by atoms with E-state index in [0.717, 1.165) is 43.6 Å². The number of likely N-dealkylation sites (tertiary alicyclic amines) is 1. The Bertz CT molecular complexity index is 1640. The molecule has 210 valence electrons. The Morgan fingerprint density at radius 3 is 2.55 bits per heavy atom. The van der Waals surface area contributed by atoms with Crippen LogP contribution in [0.1, 0.15) is 25.7 Å². The van der Waals surface area contributed by atoms with Gasteiger partial charge in [-0.15, -0.1) is 0 Å². The molecule has 13 heteroatoms. The van der Waals surface area contributed by atoms with Crippen molar-refractivity contribution in [3.8, 4) is 17.1 Å². The van der Waals surface area contributed by atoms with Crippen LogP contribution < -0.4 is 20.7 Å². The largest absolute Gasteiger partial charge is 0.462 e. The molecule has 8 nitrogen and oxygen atoms in total. The van der Waals surface area contributed by atoms with Crippen LogP contribution >= 0.6 is 22.9 Å². The molecule has 0 aliphatic carbocycles. The number of hydrogen-bond acceptors (Lipinski definition) is 9. The summed E-state index contributed by atoms with van der Waals surface area (Å²) in [6.07, 6.45) is 4.17. The minimum atomic E-state index is -0.996. The Labute approximate surface area is 237 Å². The molecule has 2 bridgehead atoms. The van der Waals surface area contributed by atoms with Crippen molar-refractivity contribution in [2.24, 2.45) is 0 Å². The van der Waals surface area contributed by atoms with E-state index in [-0.39, 0.29) is 49.1 Å². The third-order valence-corrected chi connectivity index (χ3v) is 9.47. The molecule has 3 aliphatic rings. The highest BCUT2D eigenvalue weighted by molar-refractivity contribution is 7.22. The van der Waals surface area contributed by atoms with Gasteiger partial charge < -0.3 is 25.6 Å². The van der Waals surface area contributed by atoms with E-state index in [4.69, 9.17) is 27.1 Å². The minimum absolute atomic E-state index is 0.0221. The lowest BCUT2D eigenvalue weighted by atomic mass is 10.0. The number of nitrogens with zero attached hydrogens (tertiary/aromatic N) is 5. The Morgan fingerprint density at radius 1 is 1.05 bits per heavy atom. The molecule has 40 heavy (non-hydrogen) atoms. The third-order valence-electron chi connectivity index (χ3n) is 8.27. The number of anilines is 2. The van der Waals surface area contributed by atoms with Crippen LogP contribution in [0.25, 0.3) is 32.2 Å².